The molecule has 0 aromatic rings. The molecule has 0 radical (unpaired) electrons. The van der Waals surface area contributed by atoms with Crippen LogP contribution in [-0.4, -0.2) is 75.5 Å². The van der Waals surface area contributed by atoms with Gasteiger partial charge in [-0.15, -0.1) is 0 Å². The number of esters is 2. The lowest BCUT2D eigenvalue weighted by molar-refractivity contribution is -0.889. The van der Waals surface area contributed by atoms with Crippen molar-refractivity contribution in [1.29, 1.82) is 0 Å². The molecule has 8 nitrogen and oxygen atoms in total. The van der Waals surface area contributed by atoms with Crippen molar-refractivity contribution in [2.24, 2.45) is 0 Å². The number of nitrogens with zero attached hydrogens (tertiary/aromatic N) is 1. The number of carbonyl (C=O) groups excluding carboxylic acids is 3. The van der Waals surface area contributed by atoms with E-state index in [1.165, 1.54) is 44.9 Å². The molecule has 51 heavy (non-hydrogen) atoms. The highest BCUT2D eigenvalue weighted by Crippen LogP contribution is 2.13. The van der Waals surface area contributed by atoms with Gasteiger partial charge in [-0.05, 0) is 51.4 Å². The highest BCUT2D eigenvalue weighted by molar-refractivity contribution is 5.70. The van der Waals surface area contributed by atoms with Crippen LogP contribution in [0.15, 0.2) is 48.6 Å². The summed E-state index contributed by atoms with van der Waals surface area (Å²) >= 11 is 0. The summed E-state index contributed by atoms with van der Waals surface area (Å²) in [6.45, 7) is 4.49. The topological polar surface area (TPSA) is 102 Å². The van der Waals surface area contributed by atoms with Gasteiger partial charge >= 0.3 is 11.9 Å². The normalized spacial score (nSPS) is 13.5. The summed E-state index contributed by atoms with van der Waals surface area (Å²) in [5, 5.41) is 11.6. The zero-order valence-corrected chi connectivity index (χ0v) is 33.3. The number of likely N-dealkylation sites (N-methyl/N-ethyl adjacent to an activating group) is 1. The number of hydrogen-bond donors (Lipinski definition) is 0. The van der Waals surface area contributed by atoms with E-state index < -0.39 is 18.1 Å². The number of aliphatic carboxylic acids is 1. The zero-order chi connectivity index (χ0) is 37.8. The minimum atomic E-state index is -1.13. The van der Waals surface area contributed by atoms with Gasteiger partial charge in [-0.3, -0.25) is 9.59 Å². The van der Waals surface area contributed by atoms with Crippen molar-refractivity contribution in [2.75, 3.05) is 41.0 Å². The molecular weight excluding hydrogens is 642 g/mol. The largest absolute Gasteiger partial charge is 0.544 e. The predicted molar refractivity (Wildman–Crippen MR) is 208 cm³/mol. The SMILES string of the molecule is CC/C=C/C/C=C/C/C=C/C/C=C/CCCCCCCCC(=O)OC(COCCC(C(=O)[O-])[N+](C)(C)C)COC(=O)CCCCCCCCCC. The second-order valence-corrected chi connectivity index (χ2v) is 14.5. The summed E-state index contributed by atoms with van der Waals surface area (Å²) in [5.74, 6) is -1.76. The molecule has 0 saturated carbocycles. The first kappa shape index (κ1) is 48.3. The number of carbonyl (C=O) groups is 3. The van der Waals surface area contributed by atoms with Crippen molar-refractivity contribution in [3.63, 3.8) is 0 Å². The van der Waals surface area contributed by atoms with Crippen LogP contribution in [-0.2, 0) is 28.6 Å². The standard InChI is InChI=1S/C43H75NO7/c1-6-8-10-12-14-16-17-18-19-20-21-22-23-24-25-26-28-30-32-34-42(46)51-39(37-49-36-35-40(43(47)48)44(3,4)5)38-50-41(45)33-31-29-27-15-13-11-9-7-2/h8,10,14,16,18-19,21-22,39-40H,6-7,9,11-13,15,17,20,23-38H2,1-5H3/b10-8+,16-14+,19-18+,22-21+. The number of carboxylic acids is 1. The molecule has 0 amide bonds. The highest BCUT2D eigenvalue weighted by Gasteiger charge is 2.25. The molecule has 0 aliphatic rings. The molecule has 0 saturated heterocycles. The molecule has 0 N–H and O–H groups in total. The van der Waals surface area contributed by atoms with E-state index in [0.717, 1.165) is 77.0 Å². The molecule has 0 spiro atoms. The van der Waals surface area contributed by atoms with Gasteiger partial charge in [0, 0.05) is 19.3 Å². The number of rotatable bonds is 35. The smallest absolute Gasteiger partial charge is 0.306 e. The first-order valence-corrected chi connectivity index (χ1v) is 20.2. The van der Waals surface area contributed by atoms with Crippen LogP contribution in [0.1, 0.15) is 155 Å². The molecule has 0 rings (SSSR count). The van der Waals surface area contributed by atoms with Crippen molar-refractivity contribution >= 4 is 17.9 Å². The van der Waals surface area contributed by atoms with Crippen LogP contribution >= 0.6 is 0 Å². The summed E-state index contributed by atoms with van der Waals surface area (Å²) in [7, 11) is 5.39. The fourth-order valence-corrected chi connectivity index (χ4v) is 5.59. The summed E-state index contributed by atoms with van der Waals surface area (Å²) < 4.78 is 17.1. The number of allylic oxidation sites excluding steroid dienone is 8. The van der Waals surface area contributed by atoms with Crippen LogP contribution < -0.4 is 5.11 Å². The lowest BCUT2D eigenvalue weighted by atomic mass is 10.1. The maximum atomic E-state index is 12.7. The van der Waals surface area contributed by atoms with Crippen LogP contribution in [0.5, 0.6) is 0 Å². The number of quaternary nitrogens is 1. The van der Waals surface area contributed by atoms with Crippen LogP contribution in [0.2, 0.25) is 0 Å². The van der Waals surface area contributed by atoms with E-state index in [4.69, 9.17) is 14.2 Å². The zero-order valence-electron chi connectivity index (χ0n) is 33.3. The van der Waals surface area contributed by atoms with Crippen LogP contribution in [0.4, 0.5) is 0 Å². The summed E-state index contributed by atoms with van der Waals surface area (Å²) in [4.78, 5) is 36.6. The van der Waals surface area contributed by atoms with Gasteiger partial charge in [0.2, 0.25) is 0 Å². The average Bonchev–Trinajstić information content (AvgIpc) is 3.08. The second kappa shape index (κ2) is 34.4. The van der Waals surface area contributed by atoms with Gasteiger partial charge < -0.3 is 28.6 Å². The van der Waals surface area contributed by atoms with E-state index in [9.17, 15) is 19.5 Å². The maximum Gasteiger partial charge on any atom is 0.306 e. The Labute approximate surface area is 312 Å². The molecule has 0 aromatic carbocycles. The Hall–Kier alpha value is -2.71. The third-order valence-corrected chi connectivity index (χ3v) is 8.73. The molecule has 0 bridgehead atoms. The fourth-order valence-electron chi connectivity index (χ4n) is 5.59. The molecule has 2 unspecified atom stereocenters. The van der Waals surface area contributed by atoms with E-state index in [1.807, 2.05) is 0 Å². The Balaban J connectivity index is 4.35. The van der Waals surface area contributed by atoms with Crippen molar-refractivity contribution in [1.82, 2.24) is 0 Å². The minimum absolute atomic E-state index is 0.0347. The lowest BCUT2D eigenvalue weighted by Crippen LogP contribution is -2.55. The Morgan fingerprint density at radius 1 is 0.608 bits per heavy atom. The minimum Gasteiger partial charge on any atom is -0.544 e. The Bertz CT molecular complexity index is 979. The van der Waals surface area contributed by atoms with E-state index in [-0.39, 0.29) is 42.7 Å². The summed E-state index contributed by atoms with van der Waals surface area (Å²) in [6, 6.07) is -0.727. The van der Waals surface area contributed by atoms with Gasteiger partial charge in [0.15, 0.2) is 6.10 Å². The lowest BCUT2D eigenvalue weighted by Gasteiger charge is -2.34. The van der Waals surface area contributed by atoms with E-state index >= 15 is 0 Å². The van der Waals surface area contributed by atoms with Crippen molar-refractivity contribution in [3.8, 4) is 0 Å². The Morgan fingerprint density at radius 2 is 1.10 bits per heavy atom. The number of hydrogen-bond acceptors (Lipinski definition) is 7. The third kappa shape index (κ3) is 32.9. The van der Waals surface area contributed by atoms with Gasteiger partial charge in [-0.25, -0.2) is 0 Å². The van der Waals surface area contributed by atoms with Crippen LogP contribution in [0, 0.1) is 0 Å². The molecule has 2 atom stereocenters. The molecule has 8 heteroatoms. The Morgan fingerprint density at radius 3 is 1.63 bits per heavy atom. The molecular formula is C43H75NO7. The summed E-state index contributed by atoms with van der Waals surface area (Å²) in [5.41, 5.74) is 0. The van der Waals surface area contributed by atoms with Gasteiger partial charge in [0.1, 0.15) is 12.6 Å². The molecule has 0 fully saturated rings. The second-order valence-electron chi connectivity index (χ2n) is 14.5. The fraction of sp³-hybridized carbons (Fsp3) is 0.744. The quantitative estimate of drug-likeness (QED) is 0.0279. The van der Waals surface area contributed by atoms with Crippen LogP contribution in [0.3, 0.4) is 0 Å². The molecule has 0 aliphatic heterocycles. The van der Waals surface area contributed by atoms with Crippen LogP contribution in [0.25, 0.3) is 0 Å². The highest BCUT2D eigenvalue weighted by atomic mass is 16.6. The first-order chi connectivity index (χ1) is 24.6. The van der Waals surface area contributed by atoms with E-state index in [2.05, 4.69) is 62.5 Å². The molecule has 0 aromatic heterocycles. The third-order valence-electron chi connectivity index (χ3n) is 8.73. The Kier molecular flexibility index (Phi) is 32.6. The summed E-state index contributed by atoms with van der Waals surface area (Å²) in [6.07, 6.45) is 38.5. The molecule has 0 aliphatic carbocycles. The maximum absolute atomic E-state index is 12.7. The van der Waals surface area contributed by atoms with Crippen molar-refractivity contribution < 1.29 is 38.2 Å². The number of unbranched alkanes of at least 4 members (excludes halogenated alkanes) is 13. The monoisotopic (exact) mass is 718 g/mol. The van der Waals surface area contributed by atoms with Gasteiger partial charge in [-0.1, -0.05) is 133 Å². The van der Waals surface area contributed by atoms with Gasteiger partial charge in [0.25, 0.3) is 0 Å². The first-order valence-electron chi connectivity index (χ1n) is 20.2. The van der Waals surface area contributed by atoms with E-state index in [0.29, 0.717) is 12.8 Å². The van der Waals surface area contributed by atoms with Gasteiger partial charge in [-0.2, -0.15) is 0 Å². The van der Waals surface area contributed by atoms with Crippen molar-refractivity contribution in [3.05, 3.63) is 48.6 Å². The molecule has 0 heterocycles. The number of ether oxygens (including phenoxy) is 3. The number of carboxylic acid groups (broad SMARTS) is 1. The van der Waals surface area contributed by atoms with E-state index in [1.54, 1.807) is 21.1 Å². The predicted octanol–water partition coefficient (Wildman–Crippen LogP) is 9.13. The van der Waals surface area contributed by atoms with Crippen molar-refractivity contribution in [2.45, 2.75) is 167 Å². The molecule has 294 valence electrons. The average molecular weight is 718 g/mol. The van der Waals surface area contributed by atoms with Gasteiger partial charge in [0.05, 0.1) is 40.3 Å².